The number of hydrogen-bond donors (Lipinski definition) is 0. The molecule has 0 bridgehead atoms. The van der Waals surface area contributed by atoms with Crippen LogP contribution in [0.1, 0.15) is 45.4 Å². The summed E-state index contributed by atoms with van der Waals surface area (Å²) in [4.78, 5) is 11.2. The largest absolute Gasteiger partial charge is 0.465 e. The Hall–Kier alpha value is -0.100. The number of hydrogen-bond acceptors (Lipinski definition) is 2. The summed E-state index contributed by atoms with van der Waals surface area (Å²) < 4.78 is 5.25. The minimum absolute atomic E-state index is 0.0485. The molecule has 1 aliphatic carbocycles. The minimum Gasteiger partial charge on any atom is -0.465 e. The van der Waals surface area contributed by atoms with Gasteiger partial charge in [-0.05, 0) is 18.0 Å². The van der Waals surface area contributed by atoms with Gasteiger partial charge in [0.05, 0.1) is 6.61 Å². The summed E-state index contributed by atoms with van der Waals surface area (Å²) in [5.74, 6) is 1.27. The smallest absolute Gasteiger partial charge is 0.306 e. The average molecular weight is 230 g/mol. The third-order valence-electron chi connectivity index (χ3n) is 3.31. The lowest BCUT2D eigenvalue weighted by atomic mass is 9.81. The van der Waals surface area contributed by atoms with Crippen molar-refractivity contribution in [3.05, 3.63) is 0 Å². The van der Waals surface area contributed by atoms with Crippen LogP contribution in [-0.2, 0) is 9.53 Å². The van der Waals surface area contributed by atoms with Gasteiger partial charge in [0.1, 0.15) is 0 Å². The van der Waals surface area contributed by atoms with Crippen molar-refractivity contribution in [3.63, 3.8) is 0 Å². The fourth-order valence-electron chi connectivity index (χ4n) is 2.25. The van der Waals surface area contributed by atoms with Crippen molar-refractivity contribution in [3.8, 4) is 0 Å². The molecule has 3 heteroatoms. The molecule has 0 aliphatic heterocycles. The molecule has 0 spiro atoms. The van der Waals surface area contributed by atoms with Crippen molar-refractivity contribution in [2.45, 2.75) is 45.4 Å². The molecule has 0 aromatic rings. The molecule has 0 saturated heterocycles. The molecule has 0 aromatic heterocycles. The molecule has 0 amide bonds. The summed E-state index contributed by atoms with van der Waals surface area (Å²) in [6, 6.07) is 0. The van der Waals surface area contributed by atoms with Crippen LogP contribution in [0.5, 0.6) is 0 Å². The number of carbonyl (C=O) groups is 1. The van der Waals surface area contributed by atoms with Gasteiger partial charge >= 0.3 is 5.97 Å². The van der Waals surface area contributed by atoms with Gasteiger partial charge in [-0.15, -0.1) is 9.24 Å². The second kappa shape index (κ2) is 7.22. The highest BCUT2D eigenvalue weighted by Crippen LogP contribution is 2.29. The normalized spacial score (nSPS) is 19.9. The predicted octanol–water partition coefficient (Wildman–Crippen LogP) is 3.01. The van der Waals surface area contributed by atoms with E-state index in [1.54, 1.807) is 0 Å². The molecular weight excluding hydrogens is 207 g/mol. The molecule has 2 unspecified atom stereocenters. The Labute approximate surface area is 95.4 Å². The van der Waals surface area contributed by atoms with E-state index >= 15 is 0 Å². The molecule has 1 aliphatic rings. The summed E-state index contributed by atoms with van der Waals surface area (Å²) in [5.41, 5.74) is 0. The standard InChI is InChI=1S/C12H23O2P/c1-10(9-14-12(13)7-8-15)11-5-3-2-4-6-11/h10-11H,2-9,15H2,1H3. The monoisotopic (exact) mass is 230 g/mol. The number of rotatable bonds is 5. The van der Waals surface area contributed by atoms with Crippen LogP contribution in [-0.4, -0.2) is 18.7 Å². The molecule has 1 fully saturated rings. The van der Waals surface area contributed by atoms with E-state index < -0.39 is 0 Å². The highest BCUT2D eigenvalue weighted by atomic mass is 31.0. The van der Waals surface area contributed by atoms with Gasteiger partial charge in [0, 0.05) is 6.42 Å². The average Bonchev–Trinajstić information content (AvgIpc) is 2.27. The fraction of sp³-hybridized carbons (Fsp3) is 0.917. The first kappa shape index (κ1) is 13.0. The molecular formula is C12H23O2P. The first-order valence-electron chi connectivity index (χ1n) is 6.09. The lowest BCUT2D eigenvalue weighted by Crippen LogP contribution is -2.21. The van der Waals surface area contributed by atoms with E-state index in [9.17, 15) is 4.79 Å². The number of carbonyl (C=O) groups excluding carboxylic acids is 1. The Bertz CT molecular complexity index is 188. The lowest BCUT2D eigenvalue weighted by molar-refractivity contribution is -0.145. The highest BCUT2D eigenvalue weighted by Gasteiger charge is 2.20. The van der Waals surface area contributed by atoms with Crippen LogP contribution in [0.3, 0.4) is 0 Å². The quantitative estimate of drug-likeness (QED) is 0.536. The Morgan fingerprint density at radius 1 is 1.40 bits per heavy atom. The molecule has 15 heavy (non-hydrogen) atoms. The summed E-state index contributed by atoms with van der Waals surface area (Å²) in [7, 11) is 2.55. The van der Waals surface area contributed by atoms with Crippen molar-refractivity contribution in [1.82, 2.24) is 0 Å². The Morgan fingerprint density at radius 2 is 2.07 bits per heavy atom. The van der Waals surface area contributed by atoms with Gasteiger partial charge < -0.3 is 4.74 Å². The maximum atomic E-state index is 11.2. The zero-order chi connectivity index (χ0) is 11.1. The molecule has 0 N–H and O–H groups in total. The first-order valence-corrected chi connectivity index (χ1v) is 6.91. The van der Waals surface area contributed by atoms with Gasteiger partial charge in [-0.3, -0.25) is 4.79 Å². The third-order valence-corrected chi connectivity index (χ3v) is 3.60. The molecule has 0 aromatic carbocycles. The summed E-state index contributed by atoms with van der Waals surface area (Å²) in [5, 5.41) is 0. The van der Waals surface area contributed by atoms with Crippen molar-refractivity contribution < 1.29 is 9.53 Å². The van der Waals surface area contributed by atoms with Crippen LogP contribution in [0, 0.1) is 11.8 Å². The van der Waals surface area contributed by atoms with Gasteiger partial charge in [-0.25, -0.2) is 0 Å². The molecule has 0 heterocycles. The minimum atomic E-state index is -0.0485. The third kappa shape index (κ3) is 4.97. The van der Waals surface area contributed by atoms with Crippen LogP contribution in [0.15, 0.2) is 0 Å². The van der Waals surface area contributed by atoms with E-state index in [1.165, 1.54) is 32.1 Å². The fourth-order valence-corrected chi connectivity index (χ4v) is 2.49. The Balaban J connectivity index is 2.16. The second-order valence-corrected chi connectivity index (χ2v) is 5.17. The van der Waals surface area contributed by atoms with E-state index in [-0.39, 0.29) is 5.97 Å². The lowest BCUT2D eigenvalue weighted by Gasteiger charge is -2.27. The Kier molecular flexibility index (Phi) is 6.24. The molecule has 2 nitrogen and oxygen atoms in total. The molecule has 1 saturated carbocycles. The van der Waals surface area contributed by atoms with Gasteiger partial charge in [0.25, 0.3) is 0 Å². The van der Waals surface area contributed by atoms with E-state index in [2.05, 4.69) is 16.2 Å². The predicted molar refractivity (Wildman–Crippen MR) is 65.9 cm³/mol. The van der Waals surface area contributed by atoms with Crippen LogP contribution >= 0.6 is 9.24 Å². The summed E-state index contributed by atoms with van der Waals surface area (Å²) in [6.45, 7) is 2.83. The van der Waals surface area contributed by atoms with Crippen LogP contribution in [0.25, 0.3) is 0 Å². The van der Waals surface area contributed by atoms with Gasteiger partial charge in [0.2, 0.25) is 0 Å². The molecule has 0 radical (unpaired) electrons. The number of esters is 1. The maximum Gasteiger partial charge on any atom is 0.306 e. The number of ether oxygens (including phenoxy) is 1. The van der Waals surface area contributed by atoms with E-state index in [1.807, 2.05) is 0 Å². The van der Waals surface area contributed by atoms with Crippen molar-refractivity contribution in [1.29, 1.82) is 0 Å². The van der Waals surface area contributed by atoms with Crippen LogP contribution in [0.2, 0.25) is 0 Å². The van der Waals surface area contributed by atoms with E-state index in [0.29, 0.717) is 18.9 Å². The molecule has 2 atom stereocenters. The van der Waals surface area contributed by atoms with E-state index in [4.69, 9.17) is 4.74 Å². The Morgan fingerprint density at radius 3 is 2.67 bits per heavy atom. The zero-order valence-corrected chi connectivity index (χ0v) is 10.9. The SMILES string of the molecule is CC(COC(=O)CCP)C1CCCCC1. The van der Waals surface area contributed by atoms with Gasteiger partial charge in [0.15, 0.2) is 0 Å². The zero-order valence-electron chi connectivity index (χ0n) is 9.71. The highest BCUT2D eigenvalue weighted by molar-refractivity contribution is 7.16. The molecule has 1 rings (SSSR count). The topological polar surface area (TPSA) is 26.3 Å². The van der Waals surface area contributed by atoms with E-state index in [0.717, 1.165) is 12.1 Å². The molecule has 88 valence electrons. The van der Waals surface area contributed by atoms with Crippen LogP contribution < -0.4 is 0 Å². The van der Waals surface area contributed by atoms with Crippen molar-refractivity contribution in [2.75, 3.05) is 12.8 Å². The van der Waals surface area contributed by atoms with Gasteiger partial charge in [-0.1, -0.05) is 39.0 Å². The summed E-state index contributed by atoms with van der Waals surface area (Å²) >= 11 is 0. The van der Waals surface area contributed by atoms with Crippen LogP contribution in [0.4, 0.5) is 0 Å². The van der Waals surface area contributed by atoms with Crippen molar-refractivity contribution in [2.24, 2.45) is 11.8 Å². The summed E-state index contributed by atoms with van der Waals surface area (Å²) in [6.07, 6.45) is 8.07. The maximum absolute atomic E-state index is 11.2. The first-order chi connectivity index (χ1) is 7.24. The van der Waals surface area contributed by atoms with Gasteiger partial charge in [-0.2, -0.15) is 0 Å². The van der Waals surface area contributed by atoms with Crippen molar-refractivity contribution >= 4 is 15.2 Å². The second-order valence-electron chi connectivity index (χ2n) is 4.60.